The van der Waals surface area contributed by atoms with Crippen LogP contribution in [-0.4, -0.2) is 19.1 Å². The summed E-state index contributed by atoms with van der Waals surface area (Å²) in [6.07, 6.45) is 15.2. The molecule has 1 unspecified atom stereocenters. The van der Waals surface area contributed by atoms with Crippen molar-refractivity contribution in [3.05, 3.63) is 0 Å². The summed E-state index contributed by atoms with van der Waals surface area (Å²) in [6, 6.07) is 0.338. The Morgan fingerprint density at radius 1 is 0.778 bits per heavy atom. The third-order valence-electron chi connectivity index (χ3n) is 3.48. The first-order valence-electron chi connectivity index (χ1n) is 8.23. The summed E-state index contributed by atoms with van der Waals surface area (Å²) < 4.78 is 0. The third-order valence-corrected chi connectivity index (χ3v) is 3.48. The molecule has 0 spiro atoms. The second-order valence-corrected chi connectivity index (χ2v) is 5.70. The van der Waals surface area contributed by atoms with Crippen molar-refractivity contribution < 1.29 is 0 Å². The van der Waals surface area contributed by atoms with E-state index in [1.165, 1.54) is 70.8 Å². The van der Waals surface area contributed by atoms with E-state index in [0.717, 1.165) is 13.0 Å². The van der Waals surface area contributed by atoms with Crippen LogP contribution in [0.5, 0.6) is 0 Å². The molecule has 0 fully saturated rings. The molecule has 0 aliphatic carbocycles. The molecule has 3 N–H and O–H groups in total. The van der Waals surface area contributed by atoms with E-state index in [-0.39, 0.29) is 0 Å². The van der Waals surface area contributed by atoms with Gasteiger partial charge in [-0.05, 0) is 32.9 Å². The van der Waals surface area contributed by atoms with Gasteiger partial charge in [0.15, 0.2) is 0 Å². The molecule has 18 heavy (non-hydrogen) atoms. The lowest BCUT2D eigenvalue weighted by Gasteiger charge is -2.06. The van der Waals surface area contributed by atoms with Gasteiger partial charge in [0.25, 0.3) is 0 Å². The standard InChI is InChI=1S/C16H36N2/c1-3-4-5-6-7-8-9-10-11-12-14-18-15-13-16(2)17/h16,18H,3-15,17H2,1-2H3. The molecule has 0 saturated heterocycles. The molecule has 110 valence electrons. The summed E-state index contributed by atoms with van der Waals surface area (Å²) in [6.45, 7) is 6.60. The van der Waals surface area contributed by atoms with Crippen molar-refractivity contribution in [1.82, 2.24) is 5.32 Å². The van der Waals surface area contributed by atoms with Gasteiger partial charge >= 0.3 is 0 Å². The van der Waals surface area contributed by atoms with Gasteiger partial charge in [0.1, 0.15) is 0 Å². The summed E-state index contributed by atoms with van der Waals surface area (Å²) in [5.41, 5.74) is 5.69. The molecule has 2 nitrogen and oxygen atoms in total. The second kappa shape index (κ2) is 15.0. The predicted octanol–water partition coefficient (Wildman–Crippen LogP) is 4.23. The number of unbranched alkanes of at least 4 members (excludes halogenated alkanes) is 9. The number of nitrogens with one attached hydrogen (secondary N) is 1. The van der Waals surface area contributed by atoms with Crippen molar-refractivity contribution in [1.29, 1.82) is 0 Å². The molecular formula is C16H36N2. The van der Waals surface area contributed by atoms with Gasteiger partial charge in [-0.15, -0.1) is 0 Å². The van der Waals surface area contributed by atoms with Gasteiger partial charge in [0, 0.05) is 6.04 Å². The highest BCUT2D eigenvalue weighted by Gasteiger charge is 1.94. The monoisotopic (exact) mass is 256 g/mol. The van der Waals surface area contributed by atoms with Crippen LogP contribution in [-0.2, 0) is 0 Å². The lowest BCUT2D eigenvalue weighted by Crippen LogP contribution is -2.24. The normalized spacial score (nSPS) is 12.8. The predicted molar refractivity (Wildman–Crippen MR) is 83.0 cm³/mol. The minimum Gasteiger partial charge on any atom is -0.328 e. The molecule has 0 aliphatic heterocycles. The van der Waals surface area contributed by atoms with E-state index in [1.54, 1.807) is 0 Å². The van der Waals surface area contributed by atoms with E-state index < -0.39 is 0 Å². The Balaban J connectivity index is 2.90. The Labute approximate surface area is 115 Å². The zero-order chi connectivity index (χ0) is 13.5. The highest BCUT2D eigenvalue weighted by atomic mass is 14.8. The van der Waals surface area contributed by atoms with Crippen LogP contribution in [0.4, 0.5) is 0 Å². The zero-order valence-corrected chi connectivity index (χ0v) is 12.8. The maximum absolute atomic E-state index is 5.69. The average molecular weight is 256 g/mol. The largest absolute Gasteiger partial charge is 0.328 e. The van der Waals surface area contributed by atoms with Crippen LogP contribution in [0.15, 0.2) is 0 Å². The fourth-order valence-corrected chi connectivity index (χ4v) is 2.19. The molecule has 0 aromatic heterocycles. The van der Waals surface area contributed by atoms with Crippen LogP contribution >= 0.6 is 0 Å². The molecule has 0 radical (unpaired) electrons. The van der Waals surface area contributed by atoms with Crippen LogP contribution in [0.1, 0.15) is 84.5 Å². The molecule has 1 atom stereocenters. The van der Waals surface area contributed by atoms with Gasteiger partial charge in [-0.1, -0.05) is 64.7 Å². The van der Waals surface area contributed by atoms with Gasteiger partial charge < -0.3 is 11.1 Å². The van der Waals surface area contributed by atoms with Crippen LogP contribution in [0, 0.1) is 0 Å². The zero-order valence-electron chi connectivity index (χ0n) is 12.8. The molecular weight excluding hydrogens is 220 g/mol. The van der Waals surface area contributed by atoms with Gasteiger partial charge in [-0.25, -0.2) is 0 Å². The number of hydrogen-bond donors (Lipinski definition) is 2. The highest BCUT2D eigenvalue weighted by molar-refractivity contribution is 4.56. The summed E-state index contributed by atoms with van der Waals surface area (Å²) in [4.78, 5) is 0. The Kier molecular flexibility index (Phi) is 14.9. The van der Waals surface area contributed by atoms with Gasteiger partial charge in [-0.2, -0.15) is 0 Å². The minimum atomic E-state index is 0.338. The number of hydrogen-bond acceptors (Lipinski definition) is 2. The SMILES string of the molecule is CCCCCCCCCCCCNCCC(C)N. The Bertz CT molecular complexity index is 146. The highest BCUT2D eigenvalue weighted by Crippen LogP contribution is 2.10. The topological polar surface area (TPSA) is 38.0 Å². The Morgan fingerprint density at radius 3 is 1.78 bits per heavy atom. The minimum absolute atomic E-state index is 0.338. The first-order valence-corrected chi connectivity index (χ1v) is 8.23. The first-order chi connectivity index (χ1) is 8.77. The molecule has 0 heterocycles. The molecule has 0 aromatic carbocycles. The summed E-state index contributed by atoms with van der Waals surface area (Å²) in [7, 11) is 0. The van der Waals surface area contributed by atoms with E-state index in [4.69, 9.17) is 5.73 Å². The summed E-state index contributed by atoms with van der Waals surface area (Å²) in [5.74, 6) is 0. The molecule has 0 rings (SSSR count). The van der Waals surface area contributed by atoms with Crippen molar-refractivity contribution in [2.24, 2.45) is 5.73 Å². The van der Waals surface area contributed by atoms with Crippen LogP contribution in [0.25, 0.3) is 0 Å². The first kappa shape index (κ1) is 17.9. The third kappa shape index (κ3) is 15.9. The Morgan fingerprint density at radius 2 is 1.28 bits per heavy atom. The maximum Gasteiger partial charge on any atom is 0.00225 e. The lowest BCUT2D eigenvalue weighted by molar-refractivity contribution is 0.532. The molecule has 0 aromatic rings. The van der Waals surface area contributed by atoms with Crippen molar-refractivity contribution in [2.45, 2.75) is 90.5 Å². The molecule has 0 saturated carbocycles. The van der Waals surface area contributed by atoms with E-state index in [1.807, 2.05) is 0 Å². The number of nitrogens with two attached hydrogens (primary N) is 1. The van der Waals surface area contributed by atoms with E-state index >= 15 is 0 Å². The maximum atomic E-state index is 5.69. The van der Waals surface area contributed by atoms with Crippen molar-refractivity contribution >= 4 is 0 Å². The lowest BCUT2D eigenvalue weighted by atomic mass is 10.1. The molecule has 0 aliphatic rings. The van der Waals surface area contributed by atoms with Crippen LogP contribution in [0.2, 0.25) is 0 Å². The van der Waals surface area contributed by atoms with Gasteiger partial charge in [0.2, 0.25) is 0 Å². The van der Waals surface area contributed by atoms with Crippen LogP contribution < -0.4 is 11.1 Å². The van der Waals surface area contributed by atoms with Crippen molar-refractivity contribution in [2.75, 3.05) is 13.1 Å². The second-order valence-electron chi connectivity index (χ2n) is 5.70. The van der Waals surface area contributed by atoms with Crippen molar-refractivity contribution in [3.63, 3.8) is 0 Å². The fourth-order valence-electron chi connectivity index (χ4n) is 2.19. The van der Waals surface area contributed by atoms with Crippen LogP contribution in [0.3, 0.4) is 0 Å². The summed E-state index contributed by atoms with van der Waals surface area (Å²) in [5, 5.41) is 3.46. The van der Waals surface area contributed by atoms with Gasteiger partial charge in [0.05, 0.1) is 0 Å². The quantitative estimate of drug-likeness (QED) is 0.456. The molecule has 0 bridgehead atoms. The molecule has 2 heteroatoms. The summed E-state index contributed by atoms with van der Waals surface area (Å²) >= 11 is 0. The fraction of sp³-hybridized carbons (Fsp3) is 1.00. The average Bonchev–Trinajstić information content (AvgIpc) is 2.34. The van der Waals surface area contributed by atoms with Crippen molar-refractivity contribution in [3.8, 4) is 0 Å². The van der Waals surface area contributed by atoms with E-state index in [9.17, 15) is 0 Å². The van der Waals surface area contributed by atoms with E-state index in [0.29, 0.717) is 6.04 Å². The number of rotatable bonds is 14. The molecule has 0 amide bonds. The smallest absolute Gasteiger partial charge is 0.00225 e. The van der Waals surface area contributed by atoms with Gasteiger partial charge in [-0.3, -0.25) is 0 Å². The Hall–Kier alpha value is -0.0800. The van der Waals surface area contributed by atoms with E-state index in [2.05, 4.69) is 19.2 Å².